The minimum Gasteiger partial charge on any atom is -0.383 e. The third kappa shape index (κ3) is 6.88. The highest BCUT2D eigenvalue weighted by molar-refractivity contribution is 5.93. The molecular formula is C21H23F2N7O3. The molecule has 1 aliphatic rings. The van der Waals surface area contributed by atoms with Crippen molar-refractivity contribution in [3.63, 3.8) is 0 Å². The van der Waals surface area contributed by atoms with Crippen LogP contribution in [0.3, 0.4) is 0 Å². The van der Waals surface area contributed by atoms with Gasteiger partial charge in [-0.1, -0.05) is 0 Å². The zero-order chi connectivity index (χ0) is 23.8. The van der Waals surface area contributed by atoms with E-state index in [-0.39, 0.29) is 42.9 Å². The first kappa shape index (κ1) is 23.9. The number of alkyl halides is 2. The molecular weight excluding hydrogens is 436 g/mol. The monoisotopic (exact) mass is 459 g/mol. The number of nitriles is 1. The third-order valence-corrected chi connectivity index (χ3v) is 4.85. The zero-order valence-electron chi connectivity index (χ0n) is 17.9. The van der Waals surface area contributed by atoms with E-state index in [1.165, 1.54) is 25.7 Å². The summed E-state index contributed by atoms with van der Waals surface area (Å²) in [5.74, 6) is -0.287. The lowest BCUT2D eigenvalue weighted by Crippen LogP contribution is -2.40. The Balaban J connectivity index is 1.69. The van der Waals surface area contributed by atoms with Crippen LogP contribution in [0.25, 0.3) is 11.3 Å². The molecule has 1 fully saturated rings. The van der Waals surface area contributed by atoms with Crippen molar-refractivity contribution in [2.45, 2.75) is 19.3 Å². The third-order valence-electron chi connectivity index (χ3n) is 4.85. The smallest absolute Gasteiger partial charge is 0.255 e. The average Bonchev–Trinajstić information content (AvgIpc) is 3.66. The van der Waals surface area contributed by atoms with Gasteiger partial charge in [-0.25, -0.2) is 18.7 Å². The number of nitrogens with one attached hydrogen (secondary N) is 2. The van der Waals surface area contributed by atoms with Crippen LogP contribution in [0.4, 0.5) is 20.3 Å². The van der Waals surface area contributed by atoms with Gasteiger partial charge in [0.1, 0.15) is 6.07 Å². The second kappa shape index (κ2) is 11.2. The number of hydrogen-bond acceptors (Lipinski definition) is 8. The SMILES string of the molecule is COCCN(CC(F)F)C(=O)CNc1cc(-c2cnc(NC(=O)C3CC3)cn2)cnc1C#N. The summed E-state index contributed by atoms with van der Waals surface area (Å²) in [7, 11) is 1.41. The number of hydrogen-bond donors (Lipinski definition) is 2. The molecule has 2 heterocycles. The first-order chi connectivity index (χ1) is 15.9. The Morgan fingerprint density at radius 3 is 2.67 bits per heavy atom. The van der Waals surface area contributed by atoms with Crippen molar-refractivity contribution in [3.05, 3.63) is 30.4 Å². The fraction of sp³-hybridized carbons (Fsp3) is 0.429. The van der Waals surface area contributed by atoms with Crippen molar-refractivity contribution in [1.29, 1.82) is 5.26 Å². The van der Waals surface area contributed by atoms with Crippen LogP contribution in [-0.4, -0.2) is 71.4 Å². The molecule has 0 unspecified atom stereocenters. The number of pyridine rings is 1. The molecule has 2 aromatic rings. The number of nitrogens with zero attached hydrogens (tertiary/aromatic N) is 5. The molecule has 0 radical (unpaired) electrons. The van der Waals surface area contributed by atoms with Gasteiger partial charge in [-0.05, 0) is 18.9 Å². The van der Waals surface area contributed by atoms with Crippen molar-refractivity contribution in [2.75, 3.05) is 44.0 Å². The molecule has 0 atom stereocenters. The van der Waals surface area contributed by atoms with E-state index in [0.29, 0.717) is 17.1 Å². The van der Waals surface area contributed by atoms with E-state index in [4.69, 9.17) is 4.74 Å². The maximum Gasteiger partial charge on any atom is 0.255 e. The Bertz CT molecular complexity index is 1020. The van der Waals surface area contributed by atoms with E-state index in [1.807, 2.05) is 6.07 Å². The van der Waals surface area contributed by atoms with Crippen molar-refractivity contribution in [3.8, 4) is 17.3 Å². The fourth-order valence-electron chi connectivity index (χ4n) is 2.91. The number of aromatic nitrogens is 3. The molecule has 0 bridgehead atoms. The molecule has 3 rings (SSSR count). The molecule has 33 heavy (non-hydrogen) atoms. The van der Waals surface area contributed by atoms with Gasteiger partial charge < -0.3 is 20.3 Å². The molecule has 0 spiro atoms. The zero-order valence-corrected chi connectivity index (χ0v) is 17.9. The Morgan fingerprint density at radius 1 is 1.27 bits per heavy atom. The number of halogens is 2. The molecule has 1 saturated carbocycles. The van der Waals surface area contributed by atoms with Crippen molar-refractivity contribution in [2.24, 2.45) is 5.92 Å². The molecule has 174 valence electrons. The first-order valence-corrected chi connectivity index (χ1v) is 10.2. The molecule has 2 N–H and O–H groups in total. The van der Waals surface area contributed by atoms with E-state index >= 15 is 0 Å². The molecule has 2 amide bonds. The van der Waals surface area contributed by atoms with Gasteiger partial charge in [0.15, 0.2) is 11.5 Å². The summed E-state index contributed by atoms with van der Waals surface area (Å²) in [5, 5.41) is 14.8. The largest absolute Gasteiger partial charge is 0.383 e. The fourth-order valence-corrected chi connectivity index (χ4v) is 2.91. The highest BCUT2D eigenvalue weighted by atomic mass is 19.3. The number of ether oxygens (including phenoxy) is 1. The molecule has 0 aliphatic heterocycles. The van der Waals surface area contributed by atoms with Crippen LogP contribution in [-0.2, 0) is 14.3 Å². The number of anilines is 2. The summed E-state index contributed by atoms with van der Waals surface area (Å²) >= 11 is 0. The van der Waals surface area contributed by atoms with Crippen LogP contribution >= 0.6 is 0 Å². The lowest BCUT2D eigenvalue weighted by Gasteiger charge is -2.22. The van der Waals surface area contributed by atoms with E-state index in [9.17, 15) is 23.6 Å². The standard InChI is InChI=1S/C21H23F2N7O3/c1-33-5-4-30(12-18(22)23)20(31)11-27-15-6-14(8-25-16(15)7-24)17-9-28-19(10-26-17)29-21(32)13-2-3-13/h6,8-10,13,18,27H,2-5,11-12H2,1H3,(H,28,29,32). The van der Waals surface area contributed by atoms with E-state index in [0.717, 1.165) is 17.7 Å². The highest BCUT2D eigenvalue weighted by Gasteiger charge is 2.29. The van der Waals surface area contributed by atoms with Crippen molar-refractivity contribution < 1.29 is 23.1 Å². The van der Waals surface area contributed by atoms with E-state index in [1.54, 1.807) is 6.07 Å². The quantitative estimate of drug-likeness (QED) is 0.521. The topological polar surface area (TPSA) is 133 Å². The first-order valence-electron chi connectivity index (χ1n) is 10.2. The van der Waals surface area contributed by atoms with Crippen LogP contribution in [0.2, 0.25) is 0 Å². The Hall–Kier alpha value is -3.72. The Labute approximate surface area is 189 Å². The van der Waals surface area contributed by atoms with E-state index in [2.05, 4.69) is 25.6 Å². The highest BCUT2D eigenvalue weighted by Crippen LogP contribution is 2.30. The minimum absolute atomic E-state index is 0.0178. The number of methoxy groups -OCH3 is 1. The van der Waals surface area contributed by atoms with Crippen molar-refractivity contribution in [1.82, 2.24) is 19.9 Å². The van der Waals surface area contributed by atoms with Gasteiger partial charge in [0, 0.05) is 31.3 Å². The lowest BCUT2D eigenvalue weighted by molar-refractivity contribution is -0.131. The summed E-state index contributed by atoms with van der Waals surface area (Å²) < 4.78 is 30.4. The van der Waals surface area contributed by atoms with Crippen molar-refractivity contribution >= 4 is 23.3 Å². The van der Waals surface area contributed by atoms with Gasteiger partial charge in [-0.3, -0.25) is 14.6 Å². The molecule has 12 heteroatoms. The van der Waals surface area contributed by atoms with Crippen LogP contribution in [0.1, 0.15) is 18.5 Å². The lowest BCUT2D eigenvalue weighted by atomic mass is 10.1. The molecule has 0 saturated heterocycles. The van der Waals surface area contributed by atoms with Crippen LogP contribution in [0.15, 0.2) is 24.7 Å². The summed E-state index contributed by atoms with van der Waals surface area (Å²) in [6.45, 7) is -0.890. The Morgan fingerprint density at radius 2 is 2.06 bits per heavy atom. The van der Waals surface area contributed by atoms with Gasteiger partial charge >= 0.3 is 0 Å². The molecule has 0 aromatic carbocycles. The van der Waals surface area contributed by atoms with Gasteiger partial charge in [-0.2, -0.15) is 5.26 Å². The number of carbonyl (C=O) groups excluding carboxylic acids is 2. The van der Waals surface area contributed by atoms with Gasteiger partial charge in [-0.15, -0.1) is 0 Å². The Kier molecular flexibility index (Phi) is 8.15. The van der Waals surface area contributed by atoms with Crippen LogP contribution < -0.4 is 10.6 Å². The summed E-state index contributed by atoms with van der Waals surface area (Å²) in [5.41, 5.74) is 1.23. The predicted molar refractivity (Wildman–Crippen MR) is 114 cm³/mol. The van der Waals surface area contributed by atoms with Crippen LogP contribution in [0, 0.1) is 17.2 Å². The maximum absolute atomic E-state index is 12.8. The predicted octanol–water partition coefficient (Wildman–Crippen LogP) is 1.91. The molecule has 1 aliphatic carbocycles. The second-order valence-corrected chi connectivity index (χ2v) is 7.36. The van der Waals surface area contributed by atoms with Gasteiger partial charge in [0.25, 0.3) is 6.43 Å². The number of carbonyl (C=O) groups is 2. The normalized spacial score (nSPS) is 12.8. The van der Waals surface area contributed by atoms with Gasteiger partial charge in [0.05, 0.1) is 43.5 Å². The molecule has 10 nitrogen and oxygen atoms in total. The minimum atomic E-state index is -2.68. The van der Waals surface area contributed by atoms with E-state index < -0.39 is 18.9 Å². The summed E-state index contributed by atoms with van der Waals surface area (Å²) in [6.07, 6.45) is 3.37. The second-order valence-electron chi connectivity index (χ2n) is 7.36. The summed E-state index contributed by atoms with van der Waals surface area (Å²) in [4.78, 5) is 37.7. The average molecular weight is 459 g/mol. The molecule has 2 aromatic heterocycles. The number of rotatable bonds is 11. The maximum atomic E-state index is 12.8. The summed E-state index contributed by atoms with van der Waals surface area (Å²) in [6, 6.07) is 3.49. The number of amides is 2. The van der Waals surface area contributed by atoms with Gasteiger partial charge in [0.2, 0.25) is 11.8 Å². The van der Waals surface area contributed by atoms with Crippen LogP contribution in [0.5, 0.6) is 0 Å².